The summed E-state index contributed by atoms with van der Waals surface area (Å²) in [5.41, 5.74) is 2.37. The minimum absolute atomic E-state index is 0.148. The van der Waals surface area contributed by atoms with Crippen LogP contribution in [0.2, 0.25) is 0 Å². The van der Waals surface area contributed by atoms with E-state index in [4.69, 9.17) is 14.2 Å². The highest BCUT2D eigenvalue weighted by molar-refractivity contribution is 5.94. The number of methoxy groups -OCH3 is 2. The van der Waals surface area contributed by atoms with Crippen molar-refractivity contribution in [3.63, 3.8) is 0 Å². The number of carbonyl (C=O) groups excluding carboxylic acids is 1. The molecule has 0 bridgehead atoms. The van der Waals surface area contributed by atoms with Crippen LogP contribution in [-0.4, -0.2) is 26.7 Å². The van der Waals surface area contributed by atoms with Crippen LogP contribution in [0.4, 0.5) is 0 Å². The number of carbonyl (C=O) groups is 1. The molecule has 5 nitrogen and oxygen atoms in total. The second-order valence-electron chi connectivity index (χ2n) is 5.57. The number of ether oxygens (including phenoxy) is 3. The molecule has 1 amide bonds. The molecular formula is C20H25NO4. The summed E-state index contributed by atoms with van der Waals surface area (Å²) in [6, 6.07) is 13.0. The maximum absolute atomic E-state index is 12.5. The molecule has 2 aromatic rings. The Labute approximate surface area is 148 Å². The van der Waals surface area contributed by atoms with Crippen molar-refractivity contribution in [3.05, 3.63) is 59.2 Å². The van der Waals surface area contributed by atoms with Crippen LogP contribution >= 0.6 is 0 Å². The van der Waals surface area contributed by atoms with Crippen molar-refractivity contribution in [2.45, 2.75) is 26.5 Å². The van der Waals surface area contributed by atoms with Crippen molar-refractivity contribution in [2.75, 3.05) is 20.8 Å². The van der Waals surface area contributed by atoms with E-state index in [0.29, 0.717) is 25.3 Å². The summed E-state index contributed by atoms with van der Waals surface area (Å²) in [5.74, 6) is 1.33. The second-order valence-corrected chi connectivity index (χ2v) is 5.57. The van der Waals surface area contributed by atoms with Crippen molar-refractivity contribution in [3.8, 4) is 11.5 Å². The number of benzene rings is 2. The van der Waals surface area contributed by atoms with Gasteiger partial charge in [-0.1, -0.05) is 25.1 Å². The first kappa shape index (κ1) is 18.8. The molecule has 0 unspecified atom stereocenters. The van der Waals surface area contributed by atoms with Crippen molar-refractivity contribution >= 4 is 5.91 Å². The molecule has 0 radical (unpaired) electrons. The van der Waals surface area contributed by atoms with E-state index >= 15 is 0 Å². The highest BCUT2D eigenvalue weighted by Crippen LogP contribution is 2.21. The van der Waals surface area contributed by atoms with Crippen LogP contribution in [0.15, 0.2) is 42.5 Å². The lowest BCUT2D eigenvalue weighted by molar-refractivity contribution is 0.0949. The van der Waals surface area contributed by atoms with Gasteiger partial charge >= 0.3 is 0 Å². The maximum Gasteiger partial charge on any atom is 0.251 e. The van der Waals surface area contributed by atoms with Gasteiger partial charge in [-0.25, -0.2) is 0 Å². The molecule has 0 aromatic heterocycles. The zero-order valence-electron chi connectivity index (χ0n) is 15.0. The summed E-state index contributed by atoms with van der Waals surface area (Å²) in [6.45, 7) is 3.55. The van der Waals surface area contributed by atoms with Gasteiger partial charge in [-0.2, -0.15) is 0 Å². The van der Waals surface area contributed by atoms with Crippen LogP contribution in [-0.2, 0) is 17.9 Å². The van der Waals surface area contributed by atoms with E-state index in [-0.39, 0.29) is 5.91 Å². The largest absolute Gasteiger partial charge is 0.496 e. The predicted molar refractivity (Wildman–Crippen MR) is 97.1 cm³/mol. The number of hydrogen-bond acceptors (Lipinski definition) is 4. The van der Waals surface area contributed by atoms with Gasteiger partial charge < -0.3 is 19.5 Å². The Morgan fingerprint density at radius 1 is 1.00 bits per heavy atom. The van der Waals surface area contributed by atoms with Gasteiger partial charge in [0.25, 0.3) is 5.91 Å². The summed E-state index contributed by atoms with van der Waals surface area (Å²) in [5, 5.41) is 2.92. The van der Waals surface area contributed by atoms with E-state index in [0.717, 1.165) is 29.0 Å². The average Bonchev–Trinajstić information content (AvgIpc) is 2.66. The zero-order chi connectivity index (χ0) is 18.1. The SMILES string of the molecule is CCCOCc1cc(C(=O)NCc2ccccc2OC)ccc1OC. The first-order chi connectivity index (χ1) is 12.2. The van der Waals surface area contributed by atoms with Gasteiger partial charge in [0.15, 0.2) is 0 Å². The molecule has 2 rings (SSSR count). The summed E-state index contributed by atoms with van der Waals surface area (Å²) < 4.78 is 16.2. The molecule has 0 atom stereocenters. The number of rotatable bonds is 9. The Hall–Kier alpha value is -2.53. The Morgan fingerprint density at radius 3 is 2.44 bits per heavy atom. The fraction of sp³-hybridized carbons (Fsp3) is 0.350. The normalized spacial score (nSPS) is 10.4. The second kappa shape index (κ2) is 9.69. The van der Waals surface area contributed by atoms with Crippen molar-refractivity contribution in [1.29, 1.82) is 0 Å². The van der Waals surface area contributed by atoms with E-state index < -0.39 is 0 Å². The topological polar surface area (TPSA) is 56.8 Å². The minimum atomic E-state index is -0.148. The van der Waals surface area contributed by atoms with Crippen LogP contribution in [0.1, 0.15) is 34.8 Å². The molecule has 0 aliphatic carbocycles. The number of para-hydroxylation sites is 1. The van der Waals surface area contributed by atoms with Crippen LogP contribution in [0.3, 0.4) is 0 Å². The zero-order valence-corrected chi connectivity index (χ0v) is 15.0. The minimum Gasteiger partial charge on any atom is -0.496 e. The fourth-order valence-electron chi connectivity index (χ4n) is 2.49. The standard InChI is InChI=1S/C20H25NO4/c1-4-11-25-14-17-12-15(9-10-19(17)24-3)20(22)21-13-16-7-5-6-8-18(16)23-2/h5-10,12H,4,11,13-14H2,1-3H3,(H,21,22). The van der Waals surface area contributed by atoms with Crippen LogP contribution in [0.5, 0.6) is 11.5 Å². The molecule has 0 heterocycles. The molecular weight excluding hydrogens is 318 g/mol. The van der Waals surface area contributed by atoms with Crippen LogP contribution < -0.4 is 14.8 Å². The van der Waals surface area contributed by atoms with Gasteiger partial charge in [-0.15, -0.1) is 0 Å². The average molecular weight is 343 g/mol. The molecule has 0 spiro atoms. The third-order valence-corrected chi connectivity index (χ3v) is 3.78. The molecule has 134 valence electrons. The van der Waals surface area contributed by atoms with E-state index in [2.05, 4.69) is 12.2 Å². The van der Waals surface area contributed by atoms with E-state index in [1.54, 1.807) is 26.4 Å². The molecule has 1 N–H and O–H groups in total. The van der Waals surface area contributed by atoms with Crippen LogP contribution in [0.25, 0.3) is 0 Å². The summed E-state index contributed by atoms with van der Waals surface area (Å²) in [6.07, 6.45) is 0.946. The van der Waals surface area contributed by atoms with Gasteiger partial charge in [-0.05, 0) is 30.7 Å². The maximum atomic E-state index is 12.5. The monoisotopic (exact) mass is 343 g/mol. The van der Waals surface area contributed by atoms with Gasteiger partial charge in [0.05, 0.1) is 20.8 Å². The van der Waals surface area contributed by atoms with Gasteiger partial charge in [0.1, 0.15) is 11.5 Å². The van der Waals surface area contributed by atoms with E-state index in [1.165, 1.54) is 0 Å². The Balaban J connectivity index is 2.06. The molecule has 0 aliphatic rings. The molecule has 0 saturated heterocycles. The Bertz CT molecular complexity index is 700. The highest BCUT2D eigenvalue weighted by Gasteiger charge is 2.11. The number of nitrogens with one attached hydrogen (secondary N) is 1. The summed E-state index contributed by atoms with van der Waals surface area (Å²) in [7, 11) is 3.23. The van der Waals surface area contributed by atoms with Gasteiger partial charge in [0, 0.05) is 29.8 Å². The molecule has 0 aliphatic heterocycles. The lowest BCUT2D eigenvalue weighted by Gasteiger charge is -2.12. The van der Waals surface area contributed by atoms with E-state index in [1.807, 2.05) is 30.3 Å². The van der Waals surface area contributed by atoms with Gasteiger partial charge in [-0.3, -0.25) is 4.79 Å². The molecule has 5 heteroatoms. The van der Waals surface area contributed by atoms with Crippen molar-refractivity contribution in [1.82, 2.24) is 5.32 Å². The third-order valence-electron chi connectivity index (χ3n) is 3.78. The van der Waals surface area contributed by atoms with Crippen molar-refractivity contribution < 1.29 is 19.0 Å². The Morgan fingerprint density at radius 2 is 1.72 bits per heavy atom. The summed E-state index contributed by atoms with van der Waals surface area (Å²) in [4.78, 5) is 12.5. The van der Waals surface area contributed by atoms with Crippen LogP contribution in [0, 0.1) is 0 Å². The smallest absolute Gasteiger partial charge is 0.251 e. The van der Waals surface area contributed by atoms with Gasteiger partial charge in [0.2, 0.25) is 0 Å². The lowest BCUT2D eigenvalue weighted by Crippen LogP contribution is -2.23. The Kier molecular flexibility index (Phi) is 7.29. The third kappa shape index (κ3) is 5.22. The first-order valence-electron chi connectivity index (χ1n) is 8.34. The molecule has 25 heavy (non-hydrogen) atoms. The summed E-state index contributed by atoms with van der Waals surface area (Å²) >= 11 is 0. The highest BCUT2D eigenvalue weighted by atomic mass is 16.5. The molecule has 2 aromatic carbocycles. The predicted octanol–water partition coefficient (Wildman–Crippen LogP) is 3.56. The quantitative estimate of drug-likeness (QED) is 0.707. The van der Waals surface area contributed by atoms with E-state index in [9.17, 15) is 4.79 Å². The van der Waals surface area contributed by atoms with Crippen molar-refractivity contribution in [2.24, 2.45) is 0 Å². The number of hydrogen-bond donors (Lipinski definition) is 1. The molecule has 0 saturated carbocycles. The first-order valence-corrected chi connectivity index (χ1v) is 8.34. The lowest BCUT2D eigenvalue weighted by atomic mass is 10.1. The fourth-order valence-corrected chi connectivity index (χ4v) is 2.49. The molecule has 0 fully saturated rings. The number of amides is 1.